The van der Waals surface area contributed by atoms with Crippen LogP contribution in [0.2, 0.25) is 0 Å². The standard InChI is InChI=1S/C11H15N3O2S2/c1-3-9(11-12-6-7-13-11)14-18(15,16)10-5-4-8(2)17-10/h4-7,9,14H,3H2,1-2H3,(H,12,13). The zero-order valence-electron chi connectivity index (χ0n) is 10.2. The zero-order valence-corrected chi connectivity index (χ0v) is 11.8. The SMILES string of the molecule is CCC(NS(=O)(=O)c1ccc(C)s1)c1ncc[nH]1. The van der Waals surface area contributed by atoms with Gasteiger partial charge in [-0.05, 0) is 25.5 Å². The van der Waals surface area contributed by atoms with Gasteiger partial charge in [0.1, 0.15) is 10.0 Å². The van der Waals surface area contributed by atoms with Crippen molar-refractivity contribution in [2.24, 2.45) is 0 Å². The van der Waals surface area contributed by atoms with Crippen molar-refractivity contribution in [3.8, 4) is 0 Å². The van der Waals surface area contributed by atoms with E-state index in [-0.39, 0.29) is 6.04 Å². The van der Waals surface area contributed by atoms with Crippen LogP contribution in [0.4, 0.5) is 0 Å². The summed E-state index contributed by atoms with van der Waals surface area (Å²) in [6.07, 6.45) is 3.93. The van der Waals surface area contributed by atoms with Gasteiger partial charge in [0.2, 0.25) is 0 Å². The number of hydrogen-bond donors (Lipinski definition) is 2. The number of sulfonamides is 1. The van der Waals surface area contributed by atoms with Gasteiger partial charge >= 0.3 is 0 Å². The molecule has 98 valence electrons. The lowest BCUT2D eigenvalue weighted by molar-refractivity contribution is 0.541. The van der Waals surface area contributed by atoms with Crippen molar-refractivity contribution in [2.75, 3.05) is 0 Å². The molecule has 2 heterocycles. The molecular weight excluding hydrogens is 270 g/mol. The predicted octanol–water partition coefficient (Wildman–Crippen LogP) is 2.21. The van der Waals surface area contributed by atoms with Crippen LogP contribution in [0.15, 0.2) is 28.7 Å². The van der Waals surface area contributed by atoms with Crippen molar-refractivity contribution >= 4 is 21.4 Å². The van der Waals surface area contributed by atoms with Crippen molar-refractivity contribution in [3.63, 3.8) is 0 Å². The van der Waals surface area contributed by atoms with Crippen molar-refractivity contribution in [1.82, 2.24) is 14.7 Å². The second-order valence-electron chi connectivity index (χ2n) is 3.92. The second kappa shape index (κ2) is 5.21. The topological polar surface area (TPSA) is 74.8 Å². The number of nitrogens with zero attached hydrogens (tertiary/aromatic N) is 1. The van der Waals surface area contributed by atoms with Crippen LogP contribution < -0.4 is 4.72 Å². The first-order valence-corrected chi connectivity index (χ1v) is 7.91. The minimum absolute atomic E-state index is 0.326. The highest BCUT2D eigenvalue weighted by Gasteiger charge is 2.22. The third-order valence-electron chi connectivity index (χ3n) is 2.54. The molecule has 18 heavy (non-hydrogen) atoms. The fraction of sp³-hybridized carbons (Fsp3) is 0.364. The first kappa shape index (κ1) is 13.3. The number of H-pyrrole nitrogens is 1. The summed E-state index contributed by atoms with van der Waals surface area (Å²) >= 11 is 1.26. The molecule has 2 aromatic heterocycles. The smallest absolute Gasteiger partial charge is 0.250 e. The molecular formula is C11H15N3O2S2. The van der Waals surface area contributed by atoms with E-state index in [0.29, 0.717) is 16.5 Å². The van der Waals surface area contributed by atoms with E-state index < -0.39 is 10.0 Å². The Kier molecular flexibility index (Phi) is 3.84. The first-order valence-electron chi connectivity index (χ1n) is 5.61. The Bertz CT molecular complexity index is 602. The zero-order chi connectivity index (χ0) is 13.2. The number of nitrogens with one attached hydrogen (secondary N) is 2. The Labute approximate surface area is 110 Å². The highest BCUT2D eigenvalue weighted by Crippen LogP contribution is 2.23. The van der Waals surface area contributed by atoms with Gasteiger partial charge in [-0.2, -0.15) is 4.72 Å². The van der Waals surface area contributed by atoms with E-state index in [9.17, 15) is 8.42 Å². The monoisotopic (exact) mass is 285 g/mol. The molecule has 0 aliphatic heterocycles. The molecule has 5 nitrogen and oxygen atoms in total. The van der Waals surface area contributed by atoms with Gasteiger partial charge in [-0.15, -0.1) is 11.3 Å². The largest absolute Gasteiger partial charge is 0.347 e. The number of thiophene rings is 1. The third-order valence-corrected chi connectivity index (χ3v) is 5.50. The van der Waals surface area contributed by atoms with E-state index in [2.05, 4.69) is 14.7 Å². The number of imidazole rings is 1. The van der Waals surface area contributed by atoms with E-state index >= 15 is 0 Å². The summed E-state index contributed by atoms with van der Waals surface area (Å²) in [6, 6.07) is 3.09. The van der Waals surface area contributed by atoms with Gasteiger partial charge in [0.15, 0.2) is 0 Å². The summed E-state index contributed by atoms with van der Waals surface area (Å²) < 4.78 is 27.3. The maximum atomic E-state index is 12.2. The minimum Gasteiger partial charge on any atom is -0.347 e. The Morgan fingerprint density at radius 2 is 2.28 bits per heavy atom. The summed E-state index contributed by atoms with van der Waals surface area (Å²) in [6.45, 7) is 3.79. The molecule has 0 fully saturated rings. The van der Waals surface area contributed by atoms with E-state index in [1.54, 1.807) is 24.5 Å². The molecule has 2 rings (SSSR count). The Hall–Kier alpha value is -1.18. The van der Waals surface area contributed by atoms with Crippen molar-refractivity contribution < 1.29 is 8.42 Å². The number of aromatic amines is 1. The number of hydrogen-bond acceptors (Lipinski definition) is 4. The second-order valence-corrected chi connectivity index (χ2v) is 7.15. The van der Waals surface area contributed by atoms with E-state index in [1.807, 2.05) is 13.8 Å². The molecule has 7 heteroatoms. The van der Waals surface area contributed by atoms with Crippen LogP contribution in [-0.4, -0.2) is 18.4 Å². The average molecular weight is 285 g/mol. The molecule has 2 N–H and O–H groups in total. The normalized spacial score (nSPS) is 13.7. The van der Waals surface area contributed by atoms with Crippen LogP contribution in [-0.2, 0) is 10.0 Å². The van der Waals surface area contributed by atoms with Crippen LogP contribution >= 0.6 is 11.3 Å². The maximum absolute atomic E-state index is 12.2. The highest BCUT2D eigenvalue weighted by molar-refractivity contribution is 7.91. The molecule has 0 radical (unpaired) electrons. The molecule has 1 unspecified atom stereocenters. The molecule has 2 aromatic rings. The lowest BCUT2D eigenvalue weighted by atomic mass is 10.2. The highest BCUT2D eigenvalue weighted by atomic mass is 32.2. The van der Waals surface area contributed by atoms with Gasteiger partial charge in [-0.1, -0.05) is 6.92 Å². The predicted molar refractivity (Wildman–Crippen MR) is 71.0 cm³/mol. The van der Waals surface area contributed by atoms with E-state index in [1.165, 1.54) is 11.3 Å². The van der Waals surface area contributed by atoms with Gasteiger partial charge in [0.05, 0.1) is 6.04 Å². The lowest BCUT2D eigenvalue weighted by Crippen LogP contribution is -2.28. The molecule has 0 saturated carbocycles. The Balaban J connectivity index is 2.22. The maximum Gasteiger partial charge on any atom is 0.250 e. The summed E-state index contributed by atoms with van der Waals surface area (Å²) in [5.41, 5.74) is 0. The van der Waals surface area contributed by atoms with Crippen LogP contribution in [0, 0.1) is 6.92 Å². The van der Waals surface area contributed by atoms with Gasteiger partial charge < -0.3 is 4.98 Å². The molecule has 0 spiro atoms. The van der Waals surface area contributed by atoms with Crippen molar-refractivity contribution in [3.05, 3.63) is 35.2 Å². The van der Waals surface area contributed by atoms with Gasteiger partial charge in [-0.25, -0.2) is 13.4 Å². The average Bonchev–Trinajstić information content (AvgIpc) is 2.96. The molecule has 0 aliphatic carbocycles. The van der Waals surface area contributed by atoms with Gasteiger partial charge in [-0.3, -0.25) is 0 Å². The van der Waals surface area contributed by atoms with Crippen molar-refractivity contribution in [2.45, 2.75) is 30.5 Å². The third kappa shape index (κ3) is 2.80. The molecule has 0 saturated heterocycles. The lowest BCUT2D eigenvalue weighted by Gasteiger charge is -2.13. The fourth-order valence-corrected chi connectivity index (χ4v) is 4.19. The van der Waals surface area contributed by atoms with E-state index in [4.69, 9.17) is 0 Å². The van der Waals surface area contributed by atoms with Crippen LogP contribution in [0.25, 0.3) is 0 Å². The minimum atomic E-state index is -3.47. The first-order chi connectivity index (χ1) is 8.53. The van der Waals surface area contributed by atoms with Gasteiger partial charge in [0, 0.05) is 17.3 Å². The molecule has 0 amide bonds. The van der Waals surface area contributed by atoms with Crippen LogP contribution in [0.3, 0.4) is 0 Å². The Morgan fingerprint density at radius 1 is 1.50 bits per heavy atom. The molecule has 1 atom stereocenters. The fourth-order valence-electron chi connectivity index (χ4n) is 1.60. The quantitative estimate of drug-likeness (QED) is 0.884. The summed E-state index contributed by atoms with van der Waals surface area (Å²) in [4.78, 5) is 8.00. The summed E-state index contributed by atoms with van der Waals surface area (Å²) in [5.74, 6) is 0.634. The molecule has 0 bridgehead atoms. The van der Waals surface area contributed by atoms with Gasteiger partial charge in [0.25, 0.3) is 10.0 Å². The summed E-state index contributed by atoms with van der Waals surface area (Å²) in [5, 5.41) is 0. The molecule has 0 aromatic carbocycles. The van der Waals surface area contributed by atoms with Crippen LogP contribution in [0.5, 0.6) is 0 Å². The molecule has 0 aliphatic rings. The van der Waals surface area contributed by atoms with Crippen LogP contribution in [0.1, 0.15) is 30.1 Å². The number of aryl methyl sites for hydroxylation is 1. The summed E-state index contributed by atoms with van der Waals surface area (Å²) in [7, 11) is -3.47. The van der Waals surface area contributed by atoms with Crippen molar-refractivity contribution in [1.29, 1.82) is 0 Å². The Morgan fingerprint density at radius 3 is 2.78 bits per heavy atom. The number of rotatable bonds is 5. The number of aromatic nitrogens is 2. The van der Waals surface area contributed by atoms with E-state index in [0.717, 1.165) is 4.88 Å².